The zero-order valence-corrected chi connectivity index (χ0v) is 11.5. The Labute approximate surface area is 118 Å². The van der Waals surface area contributed by atoms with Gasteiger partial charge in [-0.2, -0.15) is 0 Å². The van der Waals surface area contributed by atoms with Gasteiger partial charge in [-0.1, -0.05) is 18.2 Å². The Morgan fingerprint density at radius 2 is 1.74 bits per heavy atom. The van der Waals surface area contributed by atoms with Crippen LogP contribution in [0, 0.1) is 0 Å². The molecular formula is C13H12BrN3O2. The summed E-state index contributed by atoms with van der Waals surface area (Å²) in [6.45, 7) is 0. The van der Waals surface area contributed by atoms with Crippen molar-refractivity contribution in [3.63, 3.8) is 0 Å². The number of phenols is 1. The largest absolute Gasteiger partial charge is 0.504 e. The molecule has 98 valence electrons. The highest BCUT2D eigenvalue weighted by molar-refractivity contribution is 9.10. The zero-order chi connectivity index (χ0) is 14.0. The topological polar surface area (TPSA) is 92.6 Å². The van der Waals surface area contributed by atoms with Crippen molar-refractivity contribution in [3.8, 4) is 5.75 Å². The number of phenolic OH excluding ortho intramolecular Hbond substituents is 1. The van der Waals surface area contributed by atoms with E-state index in [1.165, 1.54) is 11.0 Å². The van der Waals surface area contributed by atoms with Gasteiger partial charge in [0.1, 0.15) is 0 Å². The summed E-state index contributed by atoms with van der Waals surface area (Å²) >= 11 is 3.34. The lowest BCUT2D eigenvalue weighted by molar-refractivity contribution is 0.256. The molecular weight excluding hydrogens is 310 g/mol. The van der Waals surface area contributed by atoms with Crippen LogP contribution in [-0.2, 0) is 0 Å². The summed E-state index contributed by atoms with van der Waals surface area (Å²) in [4.78, 5) is 12.9. The smallest absolute Gasteiger partial charge is 0.324 e. The molecule has 0 bridgehead atoms. The van der Waals surface area contributed by atoms with Gasteiger partial charge in [-0.05, 0) is 40.2 Å². The van der Waals surface area contributed by atoms with E-state index >= 15 is 0 Å². The molecule has 0 aromatic heterocycles. The SMILES string of the molecule is NC(=O)N(c1ccccc1Br)c1cccc(N)c1O. The Hall–Kier alpha value is -2.21. The number of aromatic hydroxyl groups is 1. The third-order valence-corrected chi connectivity index (χ3v) is 3.27. The summed E-state index contributed by atoms with van der Waals surface area (Å²) in [6, 6.07) is 11.1. The fourth-order valence-electron chi connectivity index (χ4n) is 1.73. The lowest BCUT2D eigenvalue weighted by Crippen LogP contribution is -2.31. The number of nitrogen functional groups attached to an aromatic ring is 1. The Morgan fingerprint density at radius 1 is 1.11 bits per heavy atom. The molecule has 0 heterocycles. The van der Waals surface area contributed by atoms with Gasteiger partial charge in [-0.15, -0.1) is 0 Å². The van der Waals surface area contributed by atoms with Crippen LogP contribution in [0.15, 0.2) is 46.9 Å². The van der Waals surface area contributed by atoms with E-state index in [0.717, 1.165) is 0 Å². The van der Waals surface area contributed by atoms with Crippen LogP contribution in [0.2, 0.25) is 0 Å². The predicted molar refractivity (Wildman–Crippen MR) is 78.4 cm³/mol. The zero-order valence-electron chi connectivity index (χ0n) is 9.88. The molecule has 0 aliphatic heterocycles. The maximum atomic E-state index is 11.7. The molecule has 0 aliphatic carbocycles. The Bertz CT molecular complexity index is 631. The van der Waals surface area contributed by atoms with Crippen LogP contribution in [0.25, 0.3) is 0 Å². The number of hydrogen-bond donors (Lipinski definition) is 3. The highest BCUT2D eigenvalue weighted by Gasteiger charge is 2.21. The Balaban J connectivity index is 2.62. The minimum Gasteiger partial charge on any atom is -0.504 e. The minimum absolute atomic E-state index is 0.177. The summed E-state index contributed by atoms with van der Waals surface area (Å²) < 4.78 is 0.677. The number of hydrogen-bond acceptors (Lipinski definition) is 3. The minimum atomic E-state index is -0.715. The number of urea groups is 1. The van der Waals surface area contributed by atoms with Gasteiger partial charge in [0.15, 0.2) is 5.75 Å². The lowest BCUT2D eigenvalue weighted by Gasteiger charge is -2.23. The number of halogens is 1. The molecule has 2 aromatic carbocycles. The number of anilines is 3. The average molecular weight is 322 g/mol. The molecule has 0 unspecified atom stereocenters. The van der Waals surface area contributed by atoms with Crippen LogP contribution >= 0.6 is 15.9 Å². The van der Waals surface area contributed by atoms with E-state index in [-0.39, 0.29) is 17.1 Å². The number of amides is 2. The van der Waals surface area contributed by atoms with E-state index in [1.807, 2.05) is 6.07 Å². The summed E-state index contributed by atoms with van der Waals surface area (Å²) in [5, 5.41) is 9.98. The van der Waals surface area contributed by atoms with E-state index in [1.54, 1.807) is 30.3 Å². The van der Waals surface area contributed by atoms with E-state index in [2.05, 4.69) is 15.9 Å². The van der Waals surface area contributed by atoms with Gasteiger partial charge < -0.3 is 16.6 Å². The molecule has 2 amide bonds. The van der Waals surface area contributed by atoms with E-state index in [0.29, 0.717) is 10.2 Å². The first kappa shape index (κ1) is 13.2. The number of primary amides is 1. The molecule has 0 spiro atoms. The number of nitrogens with two attached hydrogens (primary N) is 2. The molecule has 0 radical (unpaired) electrons. The molecule has 0 fully saturated rings. The van der Waals surface area contributed by atoms with E-state index in [4.69, 9.17) is 11.5 Å². The fraction of sp³-hybridized carbons (Fsp3) is 0. The molecule has 0 saturated heterocycles. The number of benzene rings is 2. The van der Waals surface area contributed by atoms with Crippen molar-refractivity contribution >= 4 is 39.0 Å². The maximum Gasteiger partial charge on any atom is 0.324 e. The summed E-state index contributed by atoms with van der Waals surface area (Å²) in [5.74, 6) is -0.183. The normalized spacial score (nSPS) is 10.2. The fourth-order valence-corrected chi connectivity index (χ4v) is 2.19. The summed E-state index contributed by atoms with van der Waals surface area (Å²) in [6.07, 6.45) is 0. The van der Waals surface area contributed by atoms with Crippen molar-refractivity contribution in [2.75, 3.05) is 10.6 Å². The molecule has 6 heteroatoms. The molecule has 0 saturated carbocycles. The van der Waals surface area contributed by atoms with Gasteiger partial charge in [0.25, 0.3) is 0 Å². The number of para-hydroxylation sites is 2. The van der Waals surface area contributed by atoms with Crippen molar-refractivity contribution in [3.05, 3.63) is 46.9 Å². The van der Waals surface area contributed by atoms with Gasteiger partial charge in [0.05, 0.1) is 17.1 Å². The molecule has 5 N–H and O–H groups in total. The Morgan fingerprint density at radius 3 is 2.37 bits per heavy atom. The van der Waals surface area contributed by atoms with Crippen molar-refractivity contribution in [2.24, 2.45) is 5.73 Å². The van der Waals surface area contributed by atoms with Crippen molar-refractivity contribution in [1.29, 1.82) is 0 Å². The van der Waals surface area contributed by atoms with E-state index in [9.17, 15) is 9.90 Å². The van der Waals surface area contributed by atoms with Gasteiger partial charge >= 0.3 is 6.03 Å². The highest BCUT2D eigenvalue weighted by atomic mass is 79.9. The first-order valence-corrected chi connectivity index (χ1v) is 6.23. The van der Waals surface area contributed by atoms with Crippen molar-refractivity contribution in [1.82, 2.24) is 0 Å². The highest BCUT2D eigenvalue weighted by Crippen LogP contribution is 2.39. The quantitative estimate of drug-likeness (QED) is 0.586. The number of rotatable bonds is 2. The van der Waals surface area contributed by atoms with Crippen LogP contribution in [0.5, 0.6) is 5.75 Å². The standard InChI is InChI=1S/C13H12BrN3O2/c14-8-4-1-2-6-10(8)17(13(16)19)11-7-3-5-9(15)12(11)18/h1-7,18H,15H2,(H2,16,19). The lowest BCUT2D eigenvalue weighted by atomic mass is 10.2. The number of nitrogens with zero attached hydrogens (tertiary/aromatic N) is 1. The number of carbonyl (C=O) groups excluding carboxylic acids is 1. The molecule has 0 atom stereocenters. The first-order valence-electron chi connectivity index (χ1n) is 5.44. The summed E-state index contributed by atoms with van der Waals surface area (Å²) in [5.41, 5.74) is 12.0. The predicted octanol–water partition coefficient (Wildman–Crippen LogP) is 2.95. The van der Waals surface area contributed by atoms with Crippen molar-refractivity contribution < 1.29 is 9.90 Å². The van der Waals surface area contributed by atoms with Gasteiger partial charge in [0.2, 0.25) is 0 Å². The third kappa shape index (κ3) is 2.48. The first-order chi connectivity index (χ1) is 9.02. The maximum absolute atomic E-state index is 11.7. The van der Waals surface area contributed by atoms with Gasteiger partial charge in [-0.3, -0.25) is 4.90 Å². The van der Waals surface area contributed by atoms with Crippen molar-refractivity contribution in [2.45, 2.75) is 0 Å². The molecule has 2 rings (SSSR count). The second-order valence-electron chi connectivity index (χ2n) is 3.84. The van der Waals surface area contributed by atoms with Gasteiger partial charge in [0, 0.05) is 4.47 Å². The third-order valence-electron chi connectivity index (χ3n) is 2.60. The van der Waals surface area contributed by atoms with Crippen LogP contribution in [-0.4, -0.2) is 11.1 Å². The molecule has 2 aromatic rings. The van der Waals surface area contributed by atoms with Crippen LogP contribution < -0.4 is 16.4 Å². The second-order valence-corrected chi connectivity index (χ2v) is 4.69. The van der Waals surface area contributed by atoms with Crippen LogP contribution in [0.3, 0.4) is 0 Å². The van der Waals surface area contributed by atoms with Gasteiger partial charge in [-0.25, -0.2) is 4.79 Å². The van der Waals surface area contributed by atoms with Crippen LogP contribution in [0.1, 0.15) is 0 Å². The molecule has 0 aliphatic rings. The molecule has 5 nitrogen and oxygen atoms in total. The second kappa shape index (κ2) is 5.19. The van der Waals surface area contributed by atoms with E-state index < -0.39 is 6.03 Å². The van der Waals surface area contributed by atoms with Crippen LogP contribution in [0.4, 0.5) is 21.9 Å². The average Bonchev–Trinajstić information content (AvgIpc) is 2.37. The Kier molecular flexibility index (Phi) is 3.62. The number of carbonyl (C=O) groups is 1. The monoisotopic (exact) mass is 321 g/mol. The summed E-state index contributed by atoms with van der Waals surface area (Å²) in [7, 11) is 0. The molecule has 19 heavy (non-hydrogen) atoms.